The molecule has 0 saturated carbocycles. The zero-order valence-corrected chi connectivity index (χ0v) is 18.2. The van der Waals surface area contributed by atoms with Gasteiger partial charge in [0.15, 0.2) is 0 Å². The van der Waals surface area contributed by atoms with Gasteiger partial charge in [0.1, 0.15) is 17.0 Å². The van der Waals surface area contributed by atoms with Gasteiger partial charge < -0.3 is 4.90 Å². The van der Waals surface area contributed by atoms with E-state index < -0.39 is 0 Å². The summed E-state index contributed by atoms with van der Waals surface area (Å²) in [5.41, 5.74) is 3.68. The third-order valence-electron chi connectivity index (χ3n) is 5.31. The Bertz CT molecular complexity index is 1110. The lowest BCUT2D eigenvalue weighted by Gasteiger charge is -2.35. The fourth-order valence-corrected chi connectivity index (χ4v) is 4.98. The number of nitrogens with zero attached hydrogens (tertiary/aromatic N) is 5. The third-order valence-corrected chi connectivity index (χ3v) is 6.72. The number of piperazine rings is 1. The molecule has 5 rings (SSSR count). The number of pyridine rings is 1. The van der Waals surface area contributed by atoms with Gasteiger partial charge in [-0.25, -0.2) is 9.97 Å². The van der Waals surface area contributed by atoms with Crippen LogP contribution in [-0.2, 0) is 6.54 Å². The maximum absolute atomic E-state index is 4.70. The van der Waals surface area contributed by atoms with Gasteiger partial charge in [-0.1, -0.05) is 34.1 Å². The number of aromatic nitrogens is 3. The predicted octanol–water partition coefficient (Wildman–Crippen LogP) is 4.84. The number of halogens is 1. The van der Waals surface area contributed by atoms with E-state index in [4.69, 9.17) is 4.98 Å². The molecule has 0 unspecified atom stereocenters. The van der Waals surface area contributed by atoms with Crippen molar-refractivity contribution in [1.82, 2.24) is 19.9 Å². The fourth-order valence-electron chi connectivity index (χ4n) is 3.81. The van der Waals surface area contributed by atoms with Crippen molar-refractivity contribution >= 4 is 43.3 Å². The molecule has 1 aromatic carbocycles. The lowest BCUT2D eigenvalue weighted by Crippen LogP contribution is -2.46. The van der Waals surface area contributed by atoms with Crippen LogP contribution in [0.2, 0.25) is 0 Å². The molecule has 4 heterocycles. The molecular weight excluding hydrogens is 446 g/mol. The Labute approximate surface area is 182 Å². The first kappa shape index (κ1) is 18.7. The van der Waals surface area contributed by atoms with Crippen LogP contribution in [-0.4, -0.2) is 46.0 Å². The molecule has 1 aliphatic rings. The Kier molecular flexibility index (Phi) is 5.26. The smallest absolute Gasteiger partial charge is 0.141 e. The molecule has 0 amide bonds. The number of hydrogen-bond acceptors (Lipinski definition) is 6. The standard InChI is InChI=1S/C22H20BrN5S/c23-18-5-3-17(4-6-18)19-14-29-22-20(19)21(25-15-26-22)28-10-8-27(9-11-28)13-16-2-1-7-24-12-16/h1-7,12,14-15H,8-11,13H2. The molecule has 3 aromatic heterocycles. The van der Waals surface area contributed by atoms with Gasteiger partial charge in [0.25, 0.3) is 0 Å². The molecule has 29 heavy (non-hydrogen) atoms. The highest BCUT2D eigenvalue weighted by atomic mass is 79.9. The minimum absolute atomic E-state index is 0.948. The Morgan fingerprint density at radius 3 is 2.59 bits per heavy atom. The third kappa shape index (κ3) is 3.90. The van der Waals surface area contributed by atoms with Crippen molar-refractivity contribution in [3.63, 3.8) is 0 Å². The Morgan fingerprint density at radius 2 is 1.83 bits per heavy atom. The summed E-state index contributed by atoms with van der Waals surface area (Å²) in [4.78, 5) is 19.4. The van der Waals surface area contributed by atoms with E-state index in [0.717, 1.165) is 47.8 Å². The van der Waals surface area contributed by atoms with Gasteiger partial charge in [-0.2, -0.15) is 0 Å². The number of thiophene rings is 1. The highest BCUT2D eigenvalue weighted by molar-refractivity contribution is 9.10. The lowest BCUT2D eigenvalue weighted by molar-refractivity contribution is 0.249. The van der Waals surface area contributed by atoms with E-state index in [1.807, 2.05) is 18.5 Å². The molecule has 4 aromatic rings. The van der Waals surface area contributed by atoms with E-state index >= 15 is 0 Å². The summed E-state index contributed by atoms with van der Waals surface area (Å²) in [6.07, 6.45) is 5.48. The van der Waals surface area contributed by atoms with Crippen LogP contribution >= 0.6 is 27.3 Å². The highest BCUT2D eigenvalue weighted by Crippen LogP contribution is 2.38. The average molecular weight is 466 g/mol. The molecule has 0 spiro atoms. The van der Waals surface area contributed by atoms with Crippen LogP contribution in [0, 0.1) is 0 Å². The average Bonchev–Trinajstić information content (AvgIpc) is 3.20. The van der Waals surface area contributed by atoms with Gasteiger partial charge in [-0.05, 0) is 29.3 Å². The van der Waals surface area contributed by atoms with E-state index in [1.54, 1.807) is 17.7 Å². The molecule has 146 valence electrons. The van der Waals surface area contributed by atoms with Gasteiger partial charge in [-0.3, -0.25) is 9.88 Å². The molecule has 1 saturated heterocycles. The normalized spacial score (nSPS) is 15.1. The number of rotatable bonds is 4. The van der Waals surface area contributed by atoms with E-state index in [1.165, 1.54) is 22.1 Å². The minimum atomic E-state index is 0.948. The topological polar surface area (TPSA) is 45.2 Å². The van der Waals surface area contributed by atoms with E-state index in [0.29, 0.717) is 0 Å². The summed E-state index contributed by atoms with van der Waals surface area (Å²) in [6.45, 7) is 4.89. The van der Waals surface area contributed by atoms with Crippen LogP contribution in [0.1, 0.15) is 5.56 Å². The zero-order valence-electron chi connectivity index (χ0n) is 15.8. The number of hydrogen-bond donors (Lipinski definition) is 0. The van der Waals surface area contributed by atoms with E-state index in [-0.39, 0.29) is 0 Å². The van der Waals surface area contributed by atoms with Crippen molar-refractivity contribution < 1.29 is 0 Å². The second kappa shape index (κ2) is 8.18. The lowest BCUT2D eigenvalue weighted by atomic mass is 10.1. The SMILES string of the molecule is Brc1ccc(-c2csc3ncnc(N4CCN(Cc5cccnc5)CC4)c23)cc1. The number of anilines is 1. The van der Waals surface area contributed by atoms with Crippen LogP contribution in [0.15, 0.2) is 65.0 Å². The van der Waals surface area contributed by atoms with Crippen LogP contribution < -0.4 is 4.90 Å². The summed E-state index contributed by atoms with van der Waals surface area (Å²) in [5, 5.41) is 3.37. The Morgan fingerprint density at radius 1 is 1.00 bits per heavy atom. The first-order chi connectivity index (χ1) is 14.3. The predicted molar refractivity (Wildman–Crippen MR) is 122 cm³/mol. The van der Waals surface area contributed by atoms with Crippen molar-refractivity contribution in [2.45, 2.75) is 6.54 Å². The highest BCUT2D eigenvalue weighted by Gasteiger charge is 2.22. The number of fused-ring (bicyclic) bond motifs is 1. The summed E-state index contributed by atoms with van der Waals surface area (Å²) in [5.74, 6) is 1.05. The summed E-state index contributed by atoms with van der Waals surface area (Å²) < 4.78 is 1.09. The second-order valence-electron chi connectivity index (χ2n) is 7.16. The first-order valence-corrected chi connectivity index (χ1v) is 11.3. The summed E-state index contributed by atoms with van der Waals surface area (Å²) in [6, 6.07) is 12.6. The Balaban J connectivity index is 1.39. The van der Waals surface area contributed by atoms with Gasteiger partial charge in [0.05, 0.1) is 5.39 Å². The molecule has 0 radical (unpaired) electrons. The Hall–Kier alpha value is -2.35. The largest absolute Gasteiger partial charge is 0.353 e. The van der Waals surface area contributed by atoms with E-state index in [2.05, 4.69) is 71.4 Å². The van der Waals surface area contributed by atoms with Gasteiger partial charge in [-0.15, -0.1) is 11.3 Å². The van der Waals surface area contributed by atoms with Crippen molar-refractivity contribution in [3.05, 3.63) is 70.5 Å². The monoisotopic (exact) mass is 465 g/mol. The minimum Gasteiger partial charge on any atom is -0.353 e. The van der Waals surface area contributed by atoms with Crippen molar-refractivity contribution in [1.29, 1.82) is 0 Å². The molecular formula is C22H20BrN5S. The summed E-state index contributed by atoms with van der Waals surface area (Å²) in [7, 11) is 0. The molecule has 7 heteroatoms. The maximum atomic E-state index is 4.70. The molecule has 1 fully saturated rings. The quantitative estimate of drug-likeness (QED) is 0.431. The van der Waals surface area contributed by atoms with E-state index in [9.17, 15) is 0 Å². The molecule has 1 aliphatic heterocycles. The van der Waals surface area contributed by atoms with Crippen molar-refractivity contribution in [2.24, 2.45) is 0 Å². The fraction of sp³-hybridized carbons (Fsp3) is 0.227. The van der Waals surface area contributed by atoms with Crippen molar-refractivity contribution in [3.8, 4) is 11.1 Å². The molecule has 0 N–H and O–H groups in total. The van der Waals surface area contributed by atoms with Crippen LogP contribution in [0.3, 0.4) is 0 Å². The van der Waals surface area contributed by atoms with Gasteiger partial charge >= 0.3 is 0 Å². The second-order valence-corrected chi connectivity index (χ2v) is 8.93. The molecule has 0 aliphatic carbocycles. The van der Waals surface area contributed by atoms with Crippen LogP contribution in [0.5, 0.6) is 0 Å². The number of benzene rings is 1. The first-order valence-electron chi connectivity index (χ1n) is 9.62. The van der Waals surface area contributed by atoms with Crippen LogP contribution in [0.4, 0.5) is 5.82 Å². The maximum Gasteiger partial charge on any atom is 0.141 e. The van der Waals surface area contributed by atoms with Gasteiger partial charge in [0, 0.05) is 60.5 Å². The summed E-state index contributed by atoms with van der Waals surface area (Å²) >= 11 is 5.21. The van der Waals surface area contributed by atoms with Crippen LogP contribution in [0.25, 0.3) is 21.3 Å². The molecule has 0 atom stereocenters. The zero-order chi connectivity index (χ0) is 19.6. The van der Waals surface area contributed by atoms with Gasteiger partial charge in [0.2, 0.25) is 0 Å². The molecule has 0 bridgehead atoms. The van der Waals surface area contributed by atoms with Crippen molar-refractivity contribution in [2.75, 3.05) is 31.1 Å². The molecule has 5 nitrogen and oxygen atoms in total.